The molecule has 176 valence electrons. The Balaban J connectivity index is 1.26. The first-order valence-corrected chi connectivity index (χ1v) is 14.2. The Morgan fingerprint density at radius 2 is 1.88 bits per heavy atom. The molecule has 0 spiro atoms. The van der Waals surface area contributed by atoms with Gasteiger partial charge in [0.25, 0.3) is 5.91 Å². The van der Waals surface area contributed by atoms with E-state index in [-0.39, 0.29) is 16.6 Å². The third kappa shape index (κ3) is 4.38. The fourth-order valence-corrected chi connectivity index (χ4v) is 7.43. The van der Waals surface area contributed by atoms with Crippen molar-refractivity contribution >= 4 is 48.8 Å². The average Bonchev–Trinajstić information content (AvgIpc) is 3.48. The average molecular weight is 514 g/mol. The van der Waals surface area contributed by atoms with Crippen molar-refractivity contribution in [2.24, 2.45) is 0 Å². The van der Waals surface area contributed by atoms with Crippen LogP contribution in [0.2, 0.25) is 0 Å². The molecular formula is C24H23N3O4S3. The zero-order valence-corrected chi connectivity index (χ0v) is 20.9. The Morgan fingerprint density at radius 1 is 1.15 bits per heavy atom. The third-order valence-electron chi connectivity index (χ3n) is 6.18. The number of likely N-dealkylation sites (tertiary alicyclic amines) is 1. The number of piperidine rings is 1. The highest BCUT2D eigenvalue weighted by molar-refractivity contribution is 7.90. The summed E-state index contributed by atoms with van der Waals surface area (Å²) in [7, 11) is -3.58. The van der Waals surface area contributed by atoms with Crippen molar-refractivity contribution in [3.8, 4) is 0 Å². The van der Waals surface area contributed by atoms with Crippen molar-refractivity contribution in [2.75, 3.05) is 13.1 Å². The SMILES string of the molecule is Cc1cc(C2(O)CCN(C(=O)c3ccc(CS(=O)(=O)c4cccc5scnc45)cc3)CC2)sn1. The molecule has 4 aromatic rings. The van der Waals surface area contributed by atoms with Gasteiger partial charge in [-0.2, -0.15) is 4.37 Å². The van der Waals surface area contributed by atoms with Crippen LogP contribution in [0.25, 0.3) is 10.2 Å². The predicted octanol–water partition coefficient (Wildman–Crippen LogP) is 4.16. The van der Waals surface area contributed by atoms with Crippen LogP contribution in [-0.2, 0) is 21.2 Å². The van der Waals surface area contributed by atoms with Gasteiger partial charge in [0.1, 0.15) is 5.60 Å². The molecule has 0 saturated carbocycles. The monoisotopic (exact) mass is 513 g/mol. The van der Waals surface area contributed by atoms with Gasteiger partial charge in [0.2, 0.25) is 0 Å². The van der Waals surface area contributed by atoms with Gasteiger partial charge < -0.3 is 10.0 Å². The summed E-state index contributed by atoms with van der Waals surface area (Å²) in [5, 5.41) is 11.0. The van der Waals surface area contributed by atoms with Crippen molar-refractivity contribution < 1.29 is 18.3 Å². The number of nitrogens with zero attached hydrogens (tertiary/aromatic N) is 3. The van der Waals surface area contributed by atoms with Gasteiger partial charge in [-0.25, -0.2) is 13.4 Å². The number of sulfone groups is 1. The molecule has 34 heavy (non-hydrogen) atoms. The van der Waals surface area contributed by atoms with Crippen LogP contribution in [-0.4, -0.2) is 46.8 Å². The number of aryl methyl sites for hydroxylation is 1. The smallest absolute Gasteiger partial charge is 0.253 e. The number of amides is 1. The Morgan fingerprint density at radius 3 is 2.56 bits per heavy atom. The molecule has 10 heteroatoms. The van der Waals surface area contributed by atoms with Crippen molar-refractivity contribution in [3.05, 3.63) is 75.7 Å². The molecule has 3 heterocycles. The lowest BCUT2D eigenvalue weighted by Gasteiger charge is -2.37. The van der Waals surface area contributed by atoms with E-state index in [1.54, 1.807) is 46.8 Å². The van der Waals surface area contributed by atoms with Crippen LogP contribution in [0.1, 0.15) is 39.3 Å². The van der Waals surface area contributed by atoms with Crippen LogP contribution in [0.15, 0.2) is 58.9 Å². The summed E-state index contributed by atoms with van der Waals surface area (Å²) in [6.45, 7) is 2.79. The maximum atomic E-state index is 13.0. The Hall–Kier alpha value is -2.66. The summed E-state index contributed by atoms with van der Waals surface area (Å²) < 4.78 is 31.1. The summed E-state index contributed by atoms with van der Waals surface area (Å²) >= 11 is 2.72. The topological polar surface area (TPSA) is 100 Å². The van der Waals surface area contributed by atoms with Crippen LogP contribution in [0.5, 0.6) is 0 Å². The first kappa shape index (κ1) is 23.1. The highest BCUT2D eigenvalue weighted by Gasteiger charge is 2.37. The van der Waals surface area contributed by atoms with Crippen molar-refractivity contribution in [2.45, 2.75) is 36.0 Å². The zero-order valence-electron chi connectivity index (χ0n) is 18.5. The minimum Gasteiger partial charge on any atom is -0.384 e. The number of rotatable bonds is 5. The summed E-state index contributed by atoms with van der Waals surface area (Å²) in [5.74, 6) is -0.285. The number of hydrogen-bond acceptors (Lipinski definition) is 8. The maximum Gasteiger partial charge on any atom is 0.253 e. The van der Waals surface area contributed by atoms with E-state index in [2.05, 4.69) is 9.36 Å². The van der Waals surface area contributed by atoms with E-state index in [1.165, 1.54) is 22.9 Å². The minimum atomic E-state index is -3.58. The van der Waals surface area contributed by atoms with Gasteiger partial charge in [0.15, 0.2) is 9.84 Å². The number of carbonyl (C=O) groups is 1. The highest BCUT2D eigenvalue weighted by atomic mass is 32.2. The predicted molar refractivity (Wildman–Crippen MR) is 133 cm³/mol. The molecule has 1 N–H and O–H groups in total. The molecule has 2 aromatic heterocycles. The zero-order chi connectivity index (χ0) is 23.9. The molecule has 0 radical (unpaired) electrons. The standard InChI is InChI=1S/C24H23N3O4S3/c1-16-13-21(33-26-16)24(29)9-11-27(12-10-24)23(28)18-7-5-17(6-8-18)14-34(30,31)20-4-2-3-19-22(20)25-15-32-19/h2-8,13,15,29H,9-12,14H2,1H3. The first-order valence-electron chi connectivity index (χ1n) is 10.8. The van der Waals surface area contributed by atoms with Gasteiger partial charge in [-0.3, -0.25) is 4.79 Å². The molecule has 0 atom stereocenters. The van der Waals surface area contributed by atoms with E-state index in [0.29, 0.717) is 42.6 Å². The Kier molecular flexibility index (Phi) is 6.01. The first-order chi connectivity index (χ1) is 16.2. The molecule has 5 rings (SSSR count). The van der Waals surface area contributed by atoms with Crippen LogP contribution < -0.4 is 0 Å². The second-order valence-corrected chi connectivity index (χ2v) is 12.2. The van der Waals surface area contributed by atoms with Gasteiger partial charge in [-0.15, -0.1) is 11.3 Å². The Labute approximate surface area is 205 Å². The second-order valence-electron chi connectivity index (χ2n) is 8.57. The number of aliphatic hydroxyl groups is 1. The van der Waals surface area contributed by atoms with E-state index in [4.69, 9.17) is 0 Å². The molecule has 1 amide bonds. The number of fused-ring (bicyclic) bond motifs is 1. The van der Waals surface area contributed by atoms with Gasteiger partial charge in [0.05, 0.1) is 36.9 Å². The lowest BCUT2D eigenvalue weighted by Crippen LogP contribution is -2.44. The third-order valence-corrected chi connectivity index (χ3v) is 9.76. The van der Waals surface area contributed by atoms with Crippen molar-refractivity contribution in [1.82, 2.24) is 14.3 Å². The quantitative estimate of drug-likeness (QED) is 0.430. The maximum absolute atomic E-state index is 13.0. The van der Waals surface area contributed by atoms with E-state index < -0.39 is 15.4 Å². The van der Waals surface area contributed by atoms with Crippen LogP contribution in [0, 0.1) is 6.92 Å². The van der Waals surface area contributed by atoms with Gasteiger partial charge in [0, 0.05) is 18.7 Å². The molecule has 1 aliphatic heterocycles. The molecule has 0 unspecified atom stereocenters. The van der Waals surface area contributed by atoms with Gasteiger partial charge in [-0.05, 0) is 67.2 Å². The number of thiazole rings is 1. The minimum absolute atomic E-state index is 0.121. The molecule has 1 saturated heterocycles. The van der Waals surface area contributed by atoms with Crippen molar-refractivity contribution in [1.29, 1.82) is 0 Å². The largest absolute Gasteiger partial charge is 0.384 e. The summed E-state index contributed by atoms with van der Waals surface area (Å²) in [4.78, 5) is 20.0. The van der Waals surface area contributed by atoms with Gasteiger partial charge in [-0.1, -0.05) is 18.2 Å². The Bertz CT molecular complexity index is 1450. The summed E-state index contributed by atoms with van der Waals surface area (Å²) in [6, 6.07) is 13.8. The second kappa shape index (κ2) is 8.84. The number of aromatic nitrogens is 2. The van der Waals surface area contributed by atoms with Gasteiger partial charge >= 0.3 is 0 Å². The van der Waals surface area contributed by atoms with E-state index in [0.717, 1.165) is 15.3 Å². The highest BCUT2D eigenvalue weighted by Crippen LogP contribution is 2.36. The fraction of sp³-hybridized carbons (Fsp3) is 0.292. The molecular weight excluding hydrogens is 490 g/mol. The molecule has 2 aromatic carbocycles. The molecule has 0 bridgehead atoms. The number of hydrogen-bond donors (Lipinski definition) is 1. The lowest BCUT2D eigenvalue weighted by atomic mass is 9.89. The van der Waals surface area contributed by atoms with E-state index in [1.807, 2.05) is 19.1 Å². The molecule has 1 fully saturated rings. The number of para-hydroxylation sites is 1. The number of carbonyl (C=O) groups excluding carboxylic acids is 1. The van der Waals surface area contributed by atoms with E-state index in [9.17, 15) is 18.3 Å². The van der Waals surface area contributed by atoms with Crippen LogP contribution in [0.3, 0.4) is 0 Å². The van der Waals surface area contributed by atoms with Crippen LogP contribution in [0.4, 0.5) is 0 Å². The fourth-order valence-electron chi connectivity index (χ4n) is 4.24. The molecule has 1 aliphatic rings. The molecule has 7 nitrogen and oxygen atoms in total. The van der Waals surface area contributed by atoms with Crippen LogP contribution >= 0.6 is 22.9 Å². The molecule has 0 aliphatic carbocycles. The summed E-state index contributed by atoms with van der Waals surface area (Å²) in [5.41, 5.74) is 3.19. The summed E-state index contributed by atoms with van der Waals surface area (Å²) in [6.07, 6.45) is 0.914. The lowest BCUT2D eigenvalue weighted by molar-refractivity contribution is -0.0183. The van der Waals surface area contributed by atoms with Crippen molar-refractivity contribution in [3.63, 3.8) is 0 Å². The normalized spacial score (nSPS) is 16.1. The number of benzene rings is 2. The van der Waals surface area contributed by atoms with E-state index >= 15 is 0 Å².